The van der Waals surface area contributed by atoms with E-state index < -0.39 is 6.09 Å². The summed E-state index contributed by atoms with van der Waals surface area (Å²) in [6.45, 7) is 1.97. The average Bonchev–Trinajstić information content (AvgIpc) is 2.28. The van der Waals surface area contributed by atoms with E-state index in [0.29, 0.717) is 12.8 Å². The van der Waals surface area contributed by atoms with Crippen LogP contribution in [0.1, 0.15) is 18.4 Å². The van der Waals surface area contributed by atoms with Gasteiger partial charge in [0, 0.05) is 24.9 Å². The molecule has 0 spiro atoms. The number of methoxy groups -OCH3 is 1. The minimum Gasteiger partial charge on any atom is -0.496 e. The Morgan fingerprint density at radius 2 is 2.17 bits per heavy atom. The smallest absolute Gasteiger partial charge is 0.404 e. The van der Waals surface area contributed by atoms with E-state index in [0.717, 1.165) is 17.1 Å². The van der Waals surface area contributed by atoms with Crippen molar-refractivity contribution in [1.82, 2.24) is 5.32 Å². The van der Waals surface area contributed by atoms with Crippen molar-refractivity contribution in [2.24, 2.45) is 0 Å². The standard InChI is InChI=1S/C13H17NO4/c1-8-3-4-10(7-12(8)17-2)18-11-5-9(6-11)14-13(15)16/h3-4,7,9,11,14H,5-6H2,1-2H3,(H,15,16)/t9-,11-. The van der Waals surface area contributed by atoms with Crippen molar-refractivity contribution in [2.45, 2.75) is 31.9 Å². The molecule has 0 heterocycles. The van der Waals surface area contributed by atoms with E-state index in [9.17, 15) is 4.79 Å². The van der Waals surface area contributed by atoms with Gasteiger partial charge in [0.15, 0.2) is 0 Å². The van der Waals surface area contributed by atoms with Gasteiger partial charge in [-0.2, -0.15) is 0 Å². The van der Waals surface area contributed by atoms with E-state index >= 15 is 0 Å². The minimum absolute atomic E-state index is 0.0137. The molecule has 1 fully saturated rings. The Morgan fingerprint density at radius 1 is 1.44 bits per heavy atom. The van der Waals surface area contributed by atoms with E-state index in [1.54, 1.807) is 7.11 Å². The van der Waals surface area contributed by atoms with E-state index in [1.807, 2.05) is 25.1 Å². The van der Waals surface area contributed by atoms with Crippen molar-refractivity contribution < 1.29 is 19.4 Å². The second-order valence-corrected chi connectivity index (χ2v) is 4.49. The Balaban J connectivity index is 1.86. The molecule has 2 N–H and O–H groups in total. The topological polar surface area (TPSA) is 67.8 Å². The van der Waals surface area contributed by atoms with Gasteiger partial charge in [-0.15, -0.1) is 0 Å². The summed E-state index contributed by atoms with van der Waals surface area (Å²) in [5.41, 5.74) is 1.06. The number of benzene rings is 1. The van der Waals surface area contributed by atoms with E-state index in [4.69, 9.17) is 14.6 Å². The summed E-state index contributed by atoms with van der Waals surface area (Å²) >= 11 is 0. The molecule has 1 aliphatic carbocycles. The second kappa shape index (κ2) is 5.16. The highest BCUT2D eigenvalue weighted by atomic mass is 16.5. The molecule has 1 aliphatic rings. The molecule has 0 bridgehead atoms. The second-order valence-electron chi connectivity index (χ2n) is 4.49. The van der Waals surface area contributed by atoms with Crippen molar-refractivity contribution in [1.29, 1.82) is 0 Å². The number of aryl methyl sites for hydroxylation is 1. The van der Waals surface area contributed by atoms with Crippen molar-refractivity contribution in [3.8, 4) is 11.5 Å². The molecule has 0 radical (unpaired) electrons. The van der Waals surface area contributed by atoms with Gasteiger partial charge in [0.2, 0.25) is 0 Å². The minimum atomic E-state index is -0.976. The van der Waals surface area contributed by atoms with Crippen LogP contribution in [0.25, 0.3) is 0 Å². The lowest BCUT2D eigenvalue weighted by molar-refractivity contribution is 0.0832. The largest absolute Gasteiger partial charge is 0.496 e. The molecule has 0 atom stereocenters. The average molecular weight is 251 g/mol. The Bertz CT molecular complexity index is 441. The molecule has 0 saturated heterocycles. The van der Waals surface area contributed by atoms with Crippen LogP contribution in [0.4, 0.5) is 4.79 Å². The lowest BCUT2D eigenvalue weighted by atomic mass is 9.89. The van der Waals surface area contributed by atoms with Crippen molar-refractivity contribution in [2.75, 3.05) is 7.11 Å². The Labute approximate surface area is 106 Å². The number of carboxylic acid groups (broad SMARTS) is 1. The summed E-state index contributed by atoms with van der Waals surface area (Å²) in [7, 11) is 1.63. The fraction of sp³-hybridized carbons (Fsp3) is 0.462. The first-order chi connectivity index (χ1) is 8.58. The summed E-state index contributed by atoms with van der Waals surface area (Å²) in [4.78, 5) is 10.4. The number of carbonyl (C=O) groups is 1. The van der Waals surface area contributed by atoms with Gasteiger partial charge in [-0.25, -0.2) is 4.79 Å². The lowest BCUT2D eigenvalue weighted by Gasteiger charge is -2.35. The molecule has 5 heteroatoms. The molecule has 18 heavy (non-hydrogen) atoms. The zero-order chi connectivity index (χ0) is 13.1. The van der Waals surface area contributed by atoms with E-state index in [-0.39, 0.29) is 12.1 Å². The van der Waals surface area contributed by atoms with Crippen LogP contribution in [-0.2, 0) is 0 Å². The molecular formula is C13H17NO4. The molecule has 1 amide bonds. The van der Waals surface area contributed by atoms with Crippen LogP contribution in [-0.4, -0.2) is 30.5 Å². The van der Waals surface area contributed by atoms with Crippen LogP contribution in [0.2, 0.25) is 0 Å². The van der Waals surface area contributed by atoms with Crippen molar-refractivity contribution in [3.05, 3.63) is 23.8 Å². The number of nitrogens with one attached hydrogen (secondary N) is 1. The van der Waals surface area contributed by atoms with Crippen molar-refractivity contribution in [3.63, 3.8) is 0 Å². The molecule has 0 unspecified atom stereocenters. The predicted octanol–water partition coefficient (Wildman–Crippen LogP) is 2.18. The molecule has 2 rings (SSSR count). The highest BCUT2D eigenvalue weighted by molar-refractivity contribution is 5.65. The maximum absolute atomic E-state index is 10.4. The number of hydrogen-bond acceptors (Lipinski definition) is 3. The number of rotatable bonds is 4. The van der Waals surface area contributed by atoms with Gasteiger partial charge >= 0.3 is 6.09 Å². The first kappa shape index (κ1) is 12.5. The highest BCUT2D eigenvalue weighted by Crippen LogP contribution is 2.29. The zero-order valence-electron chi connectivity index (χ0n) is 10.5. The summed E-state index contributed by atoms with van der Waals surface area (Å²) in [5.74, 6) is 1.56. The first-order valence-electron chi connectivity index (χ1n) is 5.89. The maximum atomic E-state index is 10.4. The van der Waals surface area contributed by atoms with Crippen LogP contribution in [0, 0.1) is 6.92 Å². The van der Waals surface area contributed by atoms with Crippen LogP contribution in [0.5, 0.6) is 11.5 Å². The van der Waals surface area contributed by atoms with Gasteiger partial charge < -0.3 is 19.9 Å². The van der Waals surface area contributed by atoms with Gasteiger partial charge in [-0.05, 0) is 18.6 Å². The third-order valence-electron chi connectivity index (χ3n) is 3.10. The van der Waals surface area contributed by atoms with Gasteiger partial charge in [0.1, 0.15) is 17.6 Å². The summed E-state index contributed by atoms with van der Waals surface area (Å²) in [5, 5.41) is 11.0. The molecule has 98 valence electrons. The van der Waals surface area contributed by atoms with Crippen LogP contribution in [0.3, 0.4) is 0 Å². The molecule has 5 nitrogen and oxygen atoms in total. The van der Waals surface area contributed by atoms with Crippen LogP contribution >= 0.6 is 0 Å². The fourth-order valence-electron chi connectivity index (χ4n) is 2.02. The van der Waals surface area contributed by atoms with E-state index in [2.05, 4.69) is 5.32 Å². The third kappa shape index (κ3) is 2.85. The Hall–Kier alpha value is -1.91. The van der Waals surface area contributed by atoms with Gasteiger partial charge in [-0.3, -0.25) is 0 Å². The molecule has 1 aromatic rings. The zero-order valence-corrected chi connectivity index (χ0v) is 10.5. The summed E-state index contributed by atoms with van der Waals surface area (Å²) in [6.07, 6.45) is 0.523. The molecule has 1 saturated carbocycles. The predicted molar refractivity (Wildman–Crippen MR) is 66.3 cm³/mol. The van der Waals surface area contributed by atoms with Gasteiger partial charge in [0.05, 0.1) is 7.11 Å². The molecule has 0 aliphatic heterocycles. The number of amides is 1. The third-order valence-corrected chi connectivity index (χ3v) is 3.10. The van der Waals surface area contributed by atoms with Crippen molar-refractivity contribution >= 4 is 6.09 Å². The fourth-order valence-corrected chi connectivity index (χ4v) is 2.02. The highest BCUT2D eigenvalue weighted by Gasteiger charge is 2.32. The molecular weight excluding hydrogens is 234 g/mol. The van der Waals surface area contributed by atoms with Gasteiger partial charge in [-0.1, -0.05) is 6.07 Å². The maximum Gasteiger partial charge on any atom is 0.404 e. The first-order valence-corrected chi connectivity index (χ1v) is 5.89. The van der Waals surface area contributed by atoms with Gasteiger partial charge in [0.25, 0.3) is 0 Å². The molecule has 0 aromatic heterocycles. The number of ether oxygens (including phenoxy) is 2. The monoisotopic (exact) mass is 251 g/mol. The van der Waals surface area contributed by atoms with Crippen LogP contribution in [0.15, 0.2) is 18.2 Å². The summed E-state index contributed by atoms with van der Waals surface area (Å²) in [6, 6.07) is 5.71. The lowest BCUT2D eigenvalue weighted by Crippen LogP contribution is -2.48. The number of hydrogen-bond donors (Lipinski definition) is 2. The Morgan fingerprint density at radius 3 is 2.78 bits per heavy atom. The molecule has 1 aromatic carbocycles. The quantitative estimate of drug-likeness (QED) is 0.860. The normalized spacial score (nSPS) is 21.9. The van der Waals surface area contributed by atoms with E-state index in [1.165, 1.54) is 0 Å². The van der Waals surface area contributed by atoms with Crippen LogP contribution < -0.4 is 14.8 Å². The summed E-state index contributed by atoms with van der Waals surface area (Å²) < 4.78 is 11.0. The Kier molecular flexibility index (Phi) is 3.60. The SMILES string of the molecule is COc1cc(O[C@H]2C[C@H](NC(=O)O)C2)ccc1C.